The zero-order valence-corrected chi connectivity index (χ0v) is 16.3. The van der Waals surface area contributed by atoms with E-state index in [1.54, 1.807) is 12.3 Å². The number of halogens is 1. The van der Waals surface area contributed by atoms with Gasteiger partial charge in [0.25, 0.3) is 0 Å². The van der Waals surface area contributed by atoms with Gasteiger partial charge in [-0.15, -0.1) is 10.2 Å². The molecule has 1 aliphatic heterocycles. The fourth-order valence-corrected chi connectivity index (χ4v) is 3.23. The van der Waals surface area contributed by atoms with Crippen molar-refractivity contribution < 1.29 is 9.57 Å². The number of ether oxygens (including phenoxy) is 1. The molecular weight excluding hydrogens is 364 g/mol. The molecule has 0 atom stereocenters. The summed E-state index contributed by atoms with van der Waals surface area (Å²) in [6, 6.07) is 11.6. The third-order valence-electron chi connectivity index (χ3n) is 4.61. The van der Waals surface area contributed by atoms with E-state index in [1.807, 2.05) is 37.3 Å². The molecule has 0 bridgehead atoms. The zero-order chi connectivity index (χ0) is 18.9. The Kier molecular flexibility index (Phi) is 7.27. The number of anilines is 1. The van der Waals surface area contributed by atoms with Crippen LogP contribution in [0.2, 0.25) is 5.15 Å². The molecule has 3 rings (SSSR count). The highest BCUT2D eigenvalue weighted by Gasteiger charge is 2.20. The first-order valence-electron chi connectivity index (χ1n) is 9.37. The minimum Gasteiger partial charge on any atom is -0.494 e. The smallest absolute Gasteiger partial charge is 0.151 e. The van der Waals surface area contributed by atoms with Gasteiger partial charge in [0.2, 0.25) is 0 Å². The molecule has 2 aromatic rings. The highest BCUT2D eigenvalue weighted by atomic mass is 35.5. The predicted molar refractivity (Wildman–Crippen MR) is 108 cm³/mol. The number of hydrogen-bond acceptors (Lipinski definition) is 6. The van der Waals surface area contributed by atoms with Crippen molar-refractivity contribution in [2.45, 2.75) is 26.2 Å². The van der Waals surface area contributed by atoms with E-state index in [0.29, 0.717) is 17.7 Å². The number of aromatic nitrogens is 2. The van der Waals surface area contributed by atoms with Crippen LogP contribution in [-0.4, -0.2) is 42.7 Å². The minimum absolute atomic E-state index is 0.430. The zero-order valence-electron chi connectivity index (χ0n) is 15.6. The highest BCUT2D eigenvalue weighted by Crippen LogP contribution is 2.24. The predicted octanol–water partition coefficient (Wildman–Crippen LogP) is 4.19. The Balaban J connectivity index is 1.40. The summed E-state index contributed by atoms with van der Waals surface area (Å²) in [7, 11) is 0. The summed E-state index contributed by atoms with van der Waals surface area (Å²) in [5, 5.41) is 12.4. The van der Waals surface area contributed by atoms with Gasteiger partial charge in [0.05, 0.1) is 12.8 Å². The molecule has 0 amide bonds. The van der Waals surface area contributed by atoms with E-state index in [0.717, 1.165) is 56.1 Å². The van der Waals surface area contributed by atoms with Crippen molar-refractivity contribution in [3.8, 4) is 5.75 Å². The molecule has 0 saturated carbocycles. The summed E-state index contributed by atoms with van der Waals surface area (Å²) in [6.45, 7) is 5.17. The average molecular weight is 389 g/mol. The maximum atomic E-state index is 5.93. The van der Waals surface area contributed by atoms with E-state index in [-0.39, 0.29) is 0 Å². The van der Waals surface area contributed by atoms with E-state index in [1.165, 1.54) is 0 Å². The fourth-order valence-electron chi connectivity index (χ4n) is 3.13. The molecule has 27 heavy (non-hydrogen) atoms. The number of rotatable bonds is 8. The molecule has 2 heterocycles. The van der Waals surface area contributed by atoms with Gasteiger partial charge in [-0.25, -0.2) is 0 Å². The number of piperidine rings is 1. The van der Waals surface area contributed by atoms with Crippen molar-refractivity contribution in [3.05, 3.63) is 47.1 Å². The Bertz CT molecular complexity index is 731. The molecule has 6 nitrogen and oxygen atoms in total. The number of nitrogens with zero attached hydrogens (tertiary/aromatic N) is 4. The SMILES string of the molecule is CCON=Cc1cccc(OCCC2CCN(c3ccc(Cl)nn3)CC2)c1. The van der Waals surface area contributed by atoms with Gasteiger partial charge in [-0.3, -0.25) is 0 Å². The van der Waals surface area contributed by atoms with Crippen LogP contribution in [-0.2, 0) is 4.84 Å². The third kappa shape index (κ3) is 6.10. The van der Waals surface area contributed by atoms with Crippen molar-refractivity contribution in [2.75, 3.05) is 31.2 Å². The van der Waals surface area contributed by atoms with Gasteiger partial charge >= 0.3 is 0 Å². The van der Waals surface area contributed by atoms with Gasteiger partial charge in [-0.2, -0.15) is 0 Å². The van der Waals surface area contributed by atoms with Crippen LogP contribution in [0.3, 0.4) is 0 Å². The quantitative estimate of drug-likeness (QED) is 0.501. The van der Waals surface area contributed by atoms with Crippen LogP contribution in [0.25, 0.3) is 0 Å². The molecule has 0 aliphatic carbocycles. The van der Waals surface area contributed by atoms with E-state index in [9.17, 15) is 0 Å². The van der Waals surface area contributed by atoms with E-state index in [2.05, 4.69) is 20.3 Å². The van der Waals surface area contributed by atoms with Gasteiger partial charge in [-0.1, -0.05) is 28.9 Å². The molecule has 0 unspecified atom stereocenters. The molecule has 0 spiro atoms. The lowest BCUT2D eigenvalue weighted by Gasteiger charge is -2.32. The summed E-state index contributed by atoms with van der Waals surface area (Å²) in [5.74, 6) is 2.44. The van der Waals surface area contributed by atoms with Gasteiger partial charge in [0.15, 0.2) is 11.0 Å². The highest BCUT2D eigenvalue weighted by molar-refractivity contribution is 6.29. The first-order chi connectivity index (χ1) is 13.2. The van der Waals surface area contributed by atoms with E-state index in [4.69, 9.17) is 21.2 Å². The standard InChI is InChI=1S/C20H25ClN4O2/c1-2-27-22-15-17-4-3-5-18(14-17)26-13-10-16-8-11-25(12-9-16)20-7-6-19(21)23-24-20/h3-7,14-16H,2,8-13H2,1H3. The topological polar surface area (TPSA) is 59.8 Å². The molecule has 0 radical (unpaired) electrons. The van der Waals surface area contributed by atoms with Crippen molar-refractivity contribution in [3.63, 3.8) is 0 Å². The Morgan fingerprint density at radius 1 is 1.22 bits per heavy atom. The molecule has 1 aliphatic rings. The summed E-state index contributed by atoms with van der Waals surface area (Å²) in [4.78, 5) is 7.26. The molecule has 0 N–H and O–H groups in total. The summed E-state index contributed by atoms with van der Waals surface area (Å²) in [6.07, 6.45) is 5.02. The Labute approximate surface area is 165 Å². The Hall–Kier alpha value is -2.34. The molecule has 1 aromatic carbocycles. The van der Waals surface area contributed by atoms with Gasteiger partial charge < -0.3 is 14.5 Å². The van der Waals surface area contributed by atoms with Crippen molar-refractivity contribution in [1.29, 1.82) is 0 Å². The maximum Gasteiger partial charge on any atom is 0.151 e. The molecule has 144 valence electrons. The van der Waals surface area contributed by atoms with Crippen LogP contribution in [0.15, 0.2) is 41.6 Å². The molecule has 7 heteroatoms. The molecular formula is C20H25ClN4O2. The summed E-state index contributed by atoms with van der Waals surface area (Å²) in [5.41, 5.74) is 0.971. The number of oxime groups is 1. The summed E-state index contributed by atoms with van der Waals surface area (Å²) < 4.78 is 5.93. The van der Waals surface area contributed by atoms with Gasteiger partial charge in [0.1, 0.15) is 12.4 Å². The minimum atomic E-state index is 0.430. The van der Waals surface area contributed by atoms with Crippen LogP contribution in [0.1, 0.15) is 31.7 Å². The fraction of sp³-hybridized carbons (Fsp3) is 0.450. The van der Waals surface area contributed by atoms with Crippen LogP contribution in [0.4, 0.5) is 5.82 Å². The van der Waals surface area contributed by atoms with Gasteiger partial charge in [-0.05, 0) is 61.9 Å². The van der Waals surface area contributed by atoms with Crippen LogP contribution < -0.4 is 9.64 Å². The van der Waals surface area contributed by atoms with Crippen LogP contribution in [0.5, 0.6) is 5.75 Å². The first-order valence-corrected chi connectivity index (χ1v) is 9.75. The van der Waals surface area contributed by atoms with Crippen molar-refractivity contribution in [1.82, 2.24) is 10.2 Å². The molecule has 1 fully saturated rings. The van der Waals surface area contributed by atoms with Crippen LogP contribution >= 0.6 is 11.6 Å². The lowest BCUT2D eigenvalue weighted by atomic mass is 9.94. The van der Waals surface area contributed by atoms with Gasteiger partial charge in [0, 0.05) is 13.1 Å². The van der Waals surface area contributed by atoms with E-state index < -0.39 is 0 Å². The molecule has 1 aromatic heterocycles. The van der Waals surface area contributed by atoms with Crippen LogP contribution in [0, 0.1) is 5.92 Å². The maximum absolute atomic E-state index is 5.93. The third-order valence-corrected chi connectivity index (χ3v) is 4.82. The normalized spacial score (nSPS) is 15.3. The number of benzene rings is 1. The van der Waals surface area contributed by atoms with Crippen molar-refractivity contribution in [2.24, 2.45) is 11.1 Å². The van der Waals surface area contributed by atoms with Crippen molar-refractivity contribution >= 4 is 23.6 Å². The Morgan fingerprint density at radius 3 is 2.81 bits per heavy atom. The number of hydrogen-bond donors (Lipinski definition) is 0. The second-order valence-electron chi connectivity index (χ2n) is 6.51. The first kappa shape index (κ1) is 19.4. The van der Waals surface area contributed by atoms with E-state index >= 15 is 0 Å². The Morgan fingerprint density at radius 2 is 2.07 bits per heavy atom. The summed E-state index contributed by atoms with van der Waals surface area (Å²) >= 11 is 5.80. The lowest BCUT2D eigenvalue weighted by Crippen LogP contribution is -2.34. The largest absolute Gasteiger partial charge is 0.494 e. The lowest BCUT2D eigenvalue weighted by molar-refractivity contribution is 0.160. The second-order valence-corrected chi connectivity index (χ2v) is 6.89. The average Bonchev–Trinajstić information content (AvgIpc) is 2.70. The second kappa shape index (κ2) is 10.1. The molecule has 1 saturated heterocycles. The monoisotopic (exact) mass is 388 g/mol.